The van der Waals surface area contributed by atoms with Crippen molar-refractivity contribution in [2.75, 3.05) is 19.6 Å². The molecule has 1 aliphatic heterocycles. The highest BCUT2D eigenvalue weighted by molar-refractivity contribution is 4.72. The highest BCUT2D eigenvalue weighted by atomic mass is 15.1. The van der Waals surface area contributed by atoms with Crippen LogP contribution >= 0.6 is 0 Å². The lowest BCUT2D eigenvalue weighted by molar-refractivity contribution is 0.167. The second-order valence-electron chi connectivity index (χ2n) is 5.16. The summed E-state index contributed by atoms with van der Waals surface area (Å²) >= 11 is 0. The summed E-state index contributed by atoms with van der Waals surface area (Å²) in [5.41, 5.74) is 0. The van der Waals surface area contributed by atoms with Crippen LogP contribution in [-0.2, 0) is 0 Å². The zero-order valence-electron chi connectivity index (χ0n) is 10.8. The van der Waals surface area contributed by atoms with Gasteiger partial charge < -0.3 is 4.90 Å². The highest BCUT2D eigenvalue weighted by Gasteiger charge is 2.18. The third-order valence-corrected chi connectivity index (χ3v) is 3.61. The van der Waals surface area contributed by atoms with Gasteiger partial charge in [0.1, 0.15) is 0 Å². The summed E-state index contributed by atoms with van der Waals surface area (Å²) in [5.74, 6) is 1.02. The lowest BCUT2D eigenvalue weighted by Crippen LogP contribution is -2.35. The summed E-state index contributed by atoms with van der Waals surface area (Å²) in [5, 5.41) is 0. The first-order chi connectivity index (χ1) is 7.36. The molecule has 0 bridgehead atoms. The molecule has 0 N–H and O–H groups in total. The Kier molecular flexibility index (Phi) is 7.08. The van der Waals surface area contributed by atoms with Gasteiger partial charge in [-0.15, -0.1) is 0 Å². The van der Waals surface area contributed by atoms with Gasteiger partial charge in [0.2, 0.25) is 0 Å². The zero-order chi connectivity index (χ0) is 10.9. The molecule has 1 saturated heterocycles. The van der Waals surface area contributed by atoms with Gasteiger partial charge in [-0.25, -0.2) is 0 Å². The lowest BCUT2D eigenvalue weighted by Gasteiger charge is -2.32. The SMILES string of the molecule is CCCCCCC1CCCN(CCC)C1. The van der Waals surface area contributed by atoms with E-state index in [2.05, 4.69) is 18.7 Å². The third-order valence-electron chi connectivity index (χ3n) is 3.61. The predicted octanol–water partition coefficient (Wildman–Crippen LogP) is 4.08. The van der Waals surface area contributed by atoms with Crippen LogP contribution in [0.3, 0.4) is 0 Å². The van der Waals surface area contributed by atoms with Crippen LogP contribution in [0.5, 0.6) is 0 Å². The molecule has 1 unspecified atom stereocenters. The fourth-order valence-corrected chi connectivity index (χ4v) is 2.77. The van der Waals surface area contributed by atoms with Crippen LogP contribution in [0.15, 0.2) is 0 Å². The zero-order valence-corrected chi connectivity index (χ0v) is 10.8. The van der Waals surface area contributed by atoms with E-state index in [1.165, 1.54) is 71.0 Å². The molecule has 0 radical (unpaired) electrons. The molecule has 1 atom stereocenters. The normalized spacial score (nSPS) is 23.2. The van der Waals surface area contributed by atoms with Crippen LogP contribution < -0.4 is 0 Å². The van der Waals surface area contributed by atoms with Crippen LogP contribution in [0.1, 0.15) is 65.2 Å². The standard InChI is InChI=1S/C14H29N/c1-3-5-6-7-9-14-10-8-12-15(13-14)11-4-2/h14H,3-13H2,1-2H3. The Morgan fingerprint density at radius 2 is 1.93 bits per heavy atom. The van der Waals surface area contributed by atoms with Gasteiger partial charge >= 0.3 is 0 Å². The number of hydrogen-bond donors (Lipinski definition) is 0. The molecule has 1 rings (SSSR count). The molecule has 1 heterocycles. The fourth-order valence-electron chi connectivity index (χ4n) is 2.77. The third kappa shape index (κ3) is 5.55. The minimum absolute atomic E-state index is 1.02. The van der Waals surface area contributed by atoms with E-state index in [0.29, 0.717) is 0 Å². The Hall–Kier alpha value is -0.0400. The monoisotopic (exact) mass is 211 g/mol. The van der Waals surface area contributed by atoms with Crippen LogP contribution in [0, 0.1) is 5.92 Å². The number of hydrogen-bond acceptors (Lipinski definition) is 1. The maximum Gasteiger partial charge on any atom is 0.000966 e. The summed E-state index contributed by atoms with van der Waals surface area (Å²) < 4.78 is 0. The summed E-state index contributed by atoms with van der Waals surface area (Å²) in [6.45, 7) is 8.67. The summed E-state index contributed by atoms with van der Waals surface area (Å²) in [7, 11) is 0. The smallest absolute Gasteiger partial charge is 0.000966 e. The Balaban J connectivity index is 2.07. The first kappa shape index (κ1) is 13.0. The van der Waals surface area contributed by atoms with Crippen LogP contribution in [-0.4, -0.2) is 24.5 Å². The molecule has 0 aliphatic carbocycles. The quantitative estimate of drug-likeness (QED) is 0.574. The summed E-state index contributed by atoms with van der Waals surface area (Å²) in [6.07, 6.45) is 11.5. The van der Waals surface area contributed by atoms with Gasteiger partial charge in [-0.3, -0.25) is 0 Å². The topological polar surface area (TPSA) is 3.24 Å². The van der Waals surface area contributed by atoms with Gasteiger partial charge in [-0.05, 0) is 44.7 Å². The van der Waals surface area contributed by atoms with E-state index in [-0.39, 0.29) is 0 Å². The van der Waals surface area contributed by atoms with Crippen molar-refractivity contribution in [3.8, 4) is 0 Å². The largest absolute Gasteiger partial charge is 0.303 e. The van der Waals surface area contributed by atoms with Crippen LogP contribution in [0.2, 0.25) is 0 Å². The Morgan fingerprint density at radius 1 is 1.07 bits per heavy atom. The van der Waals surface area contributed by atoms with E-state index in [9.17, 15) is 0 Å². The average molecular weight is 211 g/mol. The van der Waals surface area contributed by atoms with Crippen molar-refractivity contribution >= 4 is 0 Å². The van der Waals surface area contributed by atoms with Gasteiger partial charge in [-0.1, -0.05) is 39.5 Å². The summed E-state index contributed by atoms with van der Waals surface area (Å²) in [4.78, 5) is 2.67. The molecule has 0 aromatic rings. The van der Waals surface area contributed by atoms with Gasteiger partial charge in [0.25, 0.3) is 0 Å². The van der Waals surface area contributed by atoms with Crippen molar-refractivity contribution < 1.29 is 0 Å². The summed E-state index contributed by atoms with van der Waals surface area (Å²) in [6, 6.07) is 0. The number of piperidine rings is 1. The molecule has 0 spiro atoms. The van der Waals surface area contributed by atoms with Crippen molar-refractivity contribution in [1.29, 1.82) is 0 Å². The van der Waals surface area contributed by atoms with Crippen molar-refractivity contribution in [3.05, 3.63) is 0 Å². The molecule has 1 heteroatoms. The highest BCUT2D eigenvalue weighted by Crippen LogP contribution is 2.22. The Labute approximate surface area is 96.2 Å². The Morgan fingerprint density at radius 3 is 2.67 bits per heavy atom. The van der Waals surface area contributed by atoms with E-state index in [1.54, 1.807) is 0 Å². The van der Waals surface area contributed by atoms with E-state index >= 15 is 0 Å². The van der Waals surface area contributed by atoms with Crippen molar-refractivity contribution in [2.24, 2.45) is 5.92 Å². The molecule has 15 heavy (non-hydrogen) atoms. The van der Waals surface area contributed by atoms with Crippen molar-refractivity contribution in [2.45, 2.75) is 65.2 Å². The van der Waals surface area contributed by atoms with Crippen LogP contribution in [0.4, 0.5) is 0 Å². The molecule has 1 nitrogen and oxygen atoms in total. The van der Waals surface area contributed by atoms with Gasteiger partial charge in [0, 0.05) is 6.54 Å². The minimum atomic E-state index is 1.02. The minimum Gasteiger partial charge on any atom is -0.303 e. The maximum atomic E-state index is 2.67. The van der Waals surface area contributed by atoms with Crippen LogP contribution in [0.25, 0.3) is 0 Å². The molecule has 90 valence electrons. The lowest BCUT2D eigenvalue weighted by atomic mass is 9.92. The molecule has 0 amide bonds. The van der Waals surface area contributed by atoms with Gasteiger partial charge in [0.05, 0.1) is 0 Å². The fraction of sp³-hybridized carbons (Fsp3) is 1.00. The molecule has 0 aromatic carbocycles. The molecule has 0 saturated carbocycles. The second kappa shape index (κ2) is 8.15. The maximum absolute atomic E-state index is 2.67. The van der Waals surface area contributed by atoms with E-state index in [0.717, 1.165) is 5.92 Å². The first-order valence-corrected chi connectivity index (χ1v) is 7.09. The molecule has 1 aliphatic rings. The number of unbranched alkanes of at least 4 members (excludes halogenated alkanes) is 3. The number of likely N-dealkylation sites (tertiary alicyclic amines) is 1. The van der Waals surface area contributed by atoms with E-state index in [1.807, 2.05) is 0 Å². The average Bonchev–Trinajstić information content (AvgIpc) is 2.26. The second-order valence-corrected chi connectivity index (χ2v) is 5.16. The predicted molar refractivity (Wildman–Crippen MR) is 68.2 cm³/mol. The molecule has 1 fully saturated rings. The van der Waals surface area contributed by atoms with E-state index < -0.39 is 0 Å². The van der Waals surface area contributed by atoms with Crippen molar-refractivity contribution in [3.63, 3.8) is 0 Å². The van der Waals surface area contributed by atoms with Gasteiger partial charge in [0.15, 0.2) is 0 Å². The number of nitrogens with zero attached hydrogens (tertiary/aromatic N) is 1. The van der Waals surface area contributed by atoms with Gasteiger partial charge in [-0.2, -0.15) is 0 Å². The first-order valence-electron chi connectivity index (χ1n) is 7.09. The van der Waals surface area contributed by atoms with E-state index in [4.69, 9.17) is 0 Å². The molecule has 0 aromatic heterocycles. The number of rotatable bonds is 7. The van der Waals surface area contributed by atoms with Crippen molar-refractivity contribution in [1.82, 2.24) is 4.90 Å². The Bertz CT molecular complexity index is 142. The molecular formula is C14H29N. The molecular weight excluding hydrogens is 182 g/mol.